The molecule has 7 rings (SSSR count). The first-order valence-corrected chi connectivity index (χ1v) is 17.7. The molecule has 0 saturated carbocycles. The molecule has 6 aromatic rings. The molecule has 0 aliphatic carbocycles. The third-order valence-electron chi connectivity index (χ3n) is 10.1. The predicted octanol–water partition coefficient (Wildman–Crippen LogP) is 8.86. The van der Waals surface area contributed by atoms with E-state index in [1.807, 2.05) is 36.4 Å². The summed E-state index contributed by atoms with van der Waals surface area (Å²) in [6.07, 6.45) is 4.31. The van der Waals surface area contributed by atoms with Crippen LogP contribution in [0, 0.1) is 0 Å². The van der Waals surface area contributed by atoms with Gasteiger partial charge in [0.1, 0.15) is 6.54 Å². The van der Waals surface area contributed by atoms with Gasteiger partial charge in [-0.15, -0.1) is 0 Å². The van der Waals surface area contributed by atoms with Gasteiger partial charge in [0.25, 0.3) is 5.52 Å². The van der Waals surface area contributed by atoms with E-state index in [1.165, 1.54) is 16.4 Å². The zero-order valence-corrected chi connectivity index (χ0v) is 29.4. The number of anilines is 1. The van der Waals surface area contributed by atoms with Crippen molar-refractivity contribution in [1.29, 1.82) is 0 Å². The van der Waals surface area contributed by atoms with Gasteiger partial charge in [0, 0.05) is 18.7 Å². The Bertz CT molecular complexity index is 1940. The topological polar surface area (TPSA) is 29.5 Å². The van der Waals surface area contributed by atoms with Crippen molar-refractivity contribution >= 4 is 45.4 Å². The van der Waals surface area contributed by atoms with Crippen LogP contribution in [0.15, 0.2) is 161 Å². The lowest BCUT2D eigenvalue weighted by Gasteiger charge is -2.48. The molecule has 1 aliphatic heterocycles. The quantitative estimate of drug-likeness (QED) is 0.116. The summed E-state index contributed by atoms with van der Waals surface area (Å²) >= 11 is 0. The van der Waals surface area contributed by atoms with Crippen molar-refractivity contribution in [1.82, 2.24) is 0 Å². The van der Waals surface area contributed by atoms with Crippen molar-refractivity contribution in [2.75, 3.05) is 11.4 Å². The minimum Gasteiger partial charge on any atom is -0.439 e. The Kier molecular flexibility index (Phi) is 10.5. The first kappa shape index (κ1) is 33.6. The molecule has 4 nitrogen and oxygen atoms in total. The van der Waals surface area contributed by atoms with E-state index < -0.39 is 6.15 Å². The van der Waals surface area contributed by atoms with Crippen LogP contribution in [0.1, 0.15) is 46.9 Å². The summed E-state index contributed by atoms with van der Waals surface area (Å²) in [5.41, 5.74) is 8.49. The SMILES string of the molecule is CCC(C)[B-](c1ccccc1)(c1ccccc1)c1ccccc1.CCN1/C(=C/C(C)=C/c2oc3ccccc3[n+]2CC)Oc2ccccc21. The molecule has 1 aliphatic rings. The smallest absolute Gasteiger partial charge is 0.374 e. The van der Waals surface area contributed by atoms with Crippen molar-refractivity contribution < 1.29 is 13.7 Å². The fourth-order valence-corrected chi connectivity index (χ4v) is 7.59. The third-order valence-corrected chi connectivity index (χ3v) is 10.1. The number of oxazole rings is 1. The number of hydrogen-bond donors (Lipinski definition) is 0. The van der Waals surface area contributed by atoms with Gasteiger partial charge in [-0.3, -0.25) is 0 Å². The van der Waals surface area contributed by atoms with Gasteiger partial charge in [-0.2, -0.15) is 26.8 Å². The van der Waals surface area contributed by atoms with Crippen LogP contribution in [0.4, 0.5) is 5.69 Å². The molecule has 5 aromatic carbocycles. The maximum atomic E-state index is 6.04. The molecule has 0 spiro atoms. The summed E-state index contributed by atoms with van der Waals surface area (Å²) in [6, 6.07) is 49.4. The minimum atomic E-state index is -0.974. The lowest BCUT2D eigenvalue weighted by atomic mass is 9.10. The molecule has 0 saturated heterocycles. The van der Waals surface area contributed by atoms with Crippen molar-refractivity contribution in [2.45, 2.75) is 53.4 Å². The molecule has 0 radical (unpaired) electrons. The first-order valence-electron chi connectivity index (χ1n) is 17.7. The number of fused-ring (bicyclic) bond motifs is 2. The third kappa shape index (κ3) is 6.71. The predicted molar refractivity (Wildman–Crippen MR) is 208 cm³/mol. The number of benzene rings is 5. The molecule has 1 atom stereocenters. The van der Waals surface area contributed by atoms with Crippen LogP contribution in [0.5, 0.6) is 5.75 Å². The van der Waals surface area contributed by atoms with Gasteiger partial charge in [0.15, 0.2) is 5.75 Å². The lowest BCUT2D eigenvalue weighted by molar-refractivity contribution is -0.674. The fourth-order valence-electron chi connectivity index (χ4n) is 7.59. The zero-order valence-electron chi connectivity index (χ0n) is 29.4. The van der Waals surface area contributed by atoms with E-state index in [0.717, 1.165) is 59.4 Å². The van der Waals surface area contributed by atoms with Gasteiger partial charge in [0.05, 0.1) is 17.9 Å². The number of para-hydroxylation sites is 4. The van der Waals surface area contributed by atoms with Crippen molar-refractivity contribution in [3.05, 3.63) is 163 Å². The van der Waals surface area contributed by atoms with Crippen LogP contribution in [0.25, 0.3) is 17.2 Å². The first-order chi connectivity index (χ1) is 24.0. The average molecular weight is 647 g/mol. The summed E-state index contributed by atoms with van der Waals surface area (Å²) in [6.45, 7) is 12.7. The van der Waals surface area contributed by atoms with Crippen LogP contribution < -0.4 is 30.6 Å². The molecule has 49 heavy (non-hydrogen) atoms. The van der Waals surface area contributed by atoms with E-state index in [2.05, 4.69) is 159 Å². The van der Waals surface area contributed by atoms with Crippen molar-refractivity contribution in [3.8, 4) is 5.75 Å². The molecule has 1 unspecified atom stereocenters. The van der Waals surface area contributed by atoms with Crippen LogP contribution >= 0.6 is 0 Å². The standard InChI is InChI=1S/C22H24B.C22H23N2O2/c1-3-19(2)23(20-13-7-4-8-14-20,21-15-9-5-10-16-21)22-17-11-6-12-18-22;1-4-23-17-10-6-8-12-19(17)25-21(23)14-16(3)15-22-24(5-2)18-11-7-9-13-20(18)26-22/h4-19H,3H2,1-2H3;6-15H,4-5H2,1-3H3/q-1;+1. The molecule has 1 aromatic heterocycles. The number of nitrogens with zero attached hydrogens (tertiary/aromatic N) is 2. The van der Waals surface area contributed by atoms with E-state index in [1.54, 1.807) is 0 Å². The van der Waals surface area contributed by atoms with E-state index in [9.17, 15) is 0 Å². The van der Waals surface area contributed by atoms with E-state index >= 15 is 0 Å². The monoisotopic (exact) mass is 646 g/mol. The van der Waals surface area contributed by atoms with E-state index in [0.29, 0.717) is 5.82 Å². The second-order valence-electron chi connectivity index (χ2n) is 12.9. The summed E-state index contributed by atoms with van der Waals surface area (Å²) in [5.74, 6) is 3.16. The molecule has 0 N–H and O–H groups in total. The Hall–Kier alpha value is -5.29. The van der Waals surface area contributed by atoms with Crippen molar-refractivity contribution in [3.63, 3.8) is 0 Å². The molecule has 0 fully saturated rings. The van der Waals surface area contributed by atoms with Gasteiger partial charge in [-0.1, -0.05) is 136 Å². The van der Waals surface area contributed by atoms with Crippen LogP contribution in [0.2, 0.25) is 5.82 Å². The van der Waals surface area contributed by atoms with E-state index in [-0.39, 0.29) is 0 Å². The highest BCUT2D eigenvalue weighted by Gasteiger charge is 2.34. The van der Waals surface area contributed by atoms with Gasteiger partial charge in [-0.25, -0.2) is 0 Å². The second kappa shape index (κ2) is 15.3. The highest BCUT2D eigenvalue weighted by atomic mass is 16.5. The molecule has 0 bridgehead atoms. The Morgan fingerprint density at radius 2 is 1.24 bits per heavy atom. The highest BCUT2D eigenvalue weighted by Crippen LogP contribution is 2.38. The van der Waals surface area contributed by atoms with Crippen LogP contribution in [-0.2, 0) is 6.54 Å². The number of rotatable bonds is 9. The molecule has 5 heteroatoms. The average Bonchev–Trinajstić information content (AvgIpc) is 3.69. The van der Waals surface area contributed by atoms with Gasteiger partial charge >= 0.3 is 5.89 Å². The van der Waals surface area contributed by atoms with Gasteiger partial charge in [0.2, 0.25) is 11.5 Å². The summed E-state index contributed by atoms with van der Waals surface area (Å²) < 4.78 is 14.3. The molecule has 2 heterocycles. The van der Waals surface area contributed by atoms with Crippen LogP contribution in [-0.4, -0.2) is 12.7 Å². The Balaban J connectivity index is 0.000000171. The molecular formula is C44H47BN2O2. The number of hydrogen-bond acceptors (Lipinski definition) is 3. The molecule has 0 amide bonds. The van der Waals surface area contributed by atoms with Crippen molar-refractivity contribution in [2.24, 2.45) is 0 Å². The highest BCUT2D eigenvalue weighted by molar-refractivity contribution is 7.12. The number of allylic oxidation sites excluding steroid dienone is 2. The largest absolute Gasteiger partial charge is 0.439 e. The van der Waals surface area contributed by atoms with Gasteiger partial charge < -0.3 is 14.1 Å². The fraction of sp³-hybridized carbons (Fsp3) is 0.205. The zero-order chi connectivity index (χ0) is 34.2. The van der Waals surface area contributed by atoms with Gasteiger partial charge in [-0.05, 0) is 44.5 Å². The normalized spacial score (nSPS) is 14.3. The number of aryl methyl sites for hydroxylation is 1. The Labute approximate surface area is 291 Å². The molecule has 248 valence electrons. The lowest BCUT2D eigenvalue weighted by Crippen LogP contribution is -2.69. The van der Waals surface area contributed by atoms with Crippen LogP contribution in [0.3, 0.4) is 0 Å². The number of ether oxygens (including phenoxy) is 1. The Morgan fingerprint density at radius 3 is 1.80 bits per heavy atom. The maximum absolute atomic E-state index is 6.04. The summed E-state index contributed by atoms with van der Waals surface area (Å²) in [4.78, 5) is 2.18. The maximum Gasteiger partial charge on any atom is 0.374 e. The Morgan fingerprint density at radius 1 is 0.714 bits per heavy atom. The summed E-state index contributed by atoms with van der Waals surface area (Å²) in [5, 5.41) is 0. The molecular weight excluding hydrogens is 599 g/mol. The summed E-state index contributed by atoms with van der Waals surface area (Å²) in [7, 11) is 0. The minimum absolute atomic E-state index is 0.558. The van der Waals surface area contributed by atoms with E-state index in [4.69, 9.17) is 9.15 Å². The number of aromatic nitrogens is 1. The second-order valence-corrected chi connectivity index (χ2v) is 12.9.